The molecule has 5 nitrogen and oxygen atoms in total. The zero-order valence-corrected chi connectivity index (χ0v) is 17.2. The van der Waals surface area contributed by atoms with Gasteiger partial charge in [0.25, 0.3) is 0 Å². The van der Waals surface area contributed by atoms with Gasteiger partial charge in [0.15, 0.2) is 11.5 Å². The minimum Gasteiger partial charge on any atom is -0.504 e. The molecule has 0 amide bonds. The molecule has 2 aromatic carbocycles. The lowest BCUT2D eigenvalue weighted by Gasteiger charge is -2.30. The van der Waals surface area contributed by atoms with Crippen molar-refractivity contribution in [3.8, 4) is 17.2 Å². The number of nitrogens with zero attached hydrogens (tertiary/aromatic N) is 1. The van der Waals surface area contributed by atoms with Crippen LogP contribution >= 0.6 is 0 Å². The van der Waals surface area contributed by atoms with Gasteiger partial charge < -0.3 is 24.8 Å². The van der Waals surface area contributed by atoms with E-state index in [-0.39, 0.29) is 5.75 Å². The topological polar surface area (TPSA) is 54.0 Å². The molecule has 0 bridgehead atoms. The number of para-hydroxylation sites is 4. The average molecular weight is 387 g/mol. The van der Waals surface area contributed by atoms with E-state index in [4.69, 9.17) is 9.47 Å². The van der Waals surface area contributed by atoms with E-state index in [1.165, 1.54) is 24.9 Å². The number of phenols is 1. The number of aromatic hydroxyl groups is 1. The van der Waals surface area contributed by atoms with Crippen LogP contribution in [0.1, 0.15) is 32.6 Å². The van der Waals surface area contributed by atoms with Gasteiger partial charge in [0, 0.05) is 26.2 Å². The van der Waals surface area contributed by atoms with Crippen molar-refractivity contribution in [3.05, 3.63) is 48.5 Å². The molecule has 0 radical (unpaired) electrons. The number of piperazine rings is 1. The van der Waals surface area contributed by atoms with Crippen LogP contribution in [-0.4, -0.2) is 45.0 Å². The zero-order chi connectivity index (χ0) is 20.0. The molecule has 0 unspecified atom stereocenters. The first-order chi connectivity index (χ1) is 13.8. The molecule has 1 fully saturated rings. The van der Waals surface area contributed by atoms with E-state index < -0.39 is 0 Å². The second kappa shape index (κ2) is 12.9. The lowest BCUT2D eigenvalue weighted by atomic mass is 10.2. The van der Waals surface area contributed by atoms with E-state index in [1.807, 2.05) is 18.2 Å². The number of benzene rings is 2. The predicted molar refractivity (Wildman–Crippen MR) is 116 cm³/mol. The first-order valence-electron chi connectivity index (χ1n) is 10.3. The van der Waals surface area contributed by atoms with E-state index in [9.17, 15) is 5.11 Å². The third kappa shape index (κ3) is 7.31. The largest absolute Gasteiger partial charge is 0.504 e. The molecule has 154 valence electrons. The van der Waals surface area contributed by atoms with Gasteiger partial charge in [-0.05, 0) is 30.7 Å². The predicted octanol–water partition coefficient (Wildman–Crippen LogP) is 4.46. The Morgan fingerprint density at radius 2 is 1.61 bits per heavy atom. The monoisotopic (exact) mass is 386 g/mol. The fraction of sp³-hybridized carbons (Fsp3) is 0.478. The minimum absolute atomic E-state index is 0.225. The third-order valence-corrected chi connectivity index (χ3v) is 4.66. The van der Waals surface area contributed by atoms with Crippen LogP contribution in [0.15, 0.2) is 48.5 Å². The normalized spacial score (nSPS) is 13.4. The van der Waals surface area contributed by atoms with Crippen LogP contribution in [0.4, 0.5) is 5.69 Å². The number of hydrogen-bond donors (Lipinski definition) is 2. The number of anilines is 1. The molecule has 0 aromatic heterocycles. The minimum atomic E-state index is 0.225. The van der Waals surface area contributed by atoms with Crippen molar-refractivity contribution in [1.29, 1.82) is 0 Å². The van der Waals surface area contributed by atoms with Gasteiger partial charge >= 0.3 is 0 Å². The molecule has 5 heteroatoms. The maximum atomic E-state index is 9.39. The first kappa shape index (κ1) is 21.9. The summed E-state index contributed by atoms with van der Waals surface area (Å²) >= 11 is 0. The van der Waals surface area contributed by atoms with E-state index in [1.54, 1.807) is 25.3 Å². The summed E-state index contributed by atoms with van der Waals surface area (Å²) in [7, 11) is 1.72. The van der Waals surface area contributed by atoms with Crippen molar-refractivity contribution in [2.24, 2.45) is 0 Å². The summed E-state index contributed by atoms with van der Waals surface area (Å²) in [4.78, 5) is 2.36. The Morgan fingerprint density at radius 1 is 0.929 bits per heavy atom. The summed E-state index contributed by atoms with van der Waals surface area (Å²) in [6.45, 7) is 7.10. The Labute approximate surface area is 169 Å². The number of ether oxygens (including phenoxy) is 2. The number of methoxy groups -OCH3 is 1. The van der Waals surface area contributed by atoms with Gasteiger partial charge in [-0.1, -0.05) is 50.5 Å². The quantitative estimate of drug-likeness (QED) is 0.656. The fourth-order valence-electron chi connectivity index (χ4n) is 3.09. The smallest absolute Gasteiger partial charge is 0.160 e. The molecule has 2 N–H and O–H groups in total. The Balaban J connectivity index is 0.000000200. The highest BCUT2D eigenvalue weighted by molar-refractivity contribution is 5.58. The zero-order valence-electron chi connectivity index (χ0n) is 17.2. The molecule has 0 atom stereocenters. The van der Waals surface area contributed by atoms with Gasteiger partial charge in [0.2, 0.25) is 0 Å². The van der Waals surface area contributed by atoms with Crippen molar-refractivity contribution < 1.29 is 14.6 Å². The van der Waals surface area contributed by atoms with Gasteiger partial charge in [-0.15, -0.1) is 0 Å². The highest BCUT2D eigenvalue weighted by atomic mass is 16.5. The van der Waals surface area contributed by atoms with Crippen LogP contribution in [0, 0.1) is 0 Å². The molecule has 1 aliphatic heterocycles. The molecule has 0 aliphatic carbocycles. The number of phenolic OH excluding ortho intramolecular Hbond substituents is 1. The van der Waals surface area contributed by atoms with E-state index in [2.05, 4.69) is 29.3 Å². The summed E-state index contributed by atoms with van der Waals surface area (Å²) in [6.07, 6.45) is 4.74. The number of nitrogens with one attached hydrogen (secondary N) is 1. The van der Waals surface area contributed by atoms with Crippen molar-refractivity contribution in [2.45, 2.75) is 32.6 Å². The number of hydrogen-bond acceptors (Lipinski definition) is 5. The molecule has 3 rings (SSSR count). The third-order valence-electron chi connectivity index (χ3n) is 4.66. The van der Waals surface area contributed by atoms with Crippen LogP contribution in [-0.2, 0) is 0 Å². The SMILES string of the molecule is CCCCCCOc1ccccc1O.COc1ccccc1N1CCNCC1. The maximum Gasteiger partial charge on any atom is 0.160 e. The van der Waals surface area contributed by atoms with E-state index in [0.717, 1.165) is 38.3 Å². The van der Waals surface area contributed by atoms with Crippen LogP contribution < -0.4 is 19.7 Å². The van der Waals surface area contributed by atoms with Crippen LogP contribution in [0.5, 0.6) is 17.2 Å². The molecule has 1 aliphatic rings. The Hall–Kier alpha value is -2.40. The van der Waals surface area contributed by atoms with Crippen LogP contribution in [0.25, 0.3) is 0 Å². The first-order valence-corrected chi connectivity index (χ1v) is 10.3. The van der Waals surface area contributed by atoms with Gasteiger partial charge in [-0.25, -0.2) is 0 Å². The Bertz CT molecular complexity index is 672. The Morgan fingerprint density at radius 3 is 2.29 bits per heavy atom. The highest BCUT2D eigenvalue weighted by Gasteiger charge is 2.13. The van der Waals surface area contributed by atoms with Crippen LogP contribution in [0.2, 0.25) is 0 Å². The second-order valence-corrected chi connectivity index (χ2v) is 6.79. The van der Waals surface area contributed by atoms with Gasteiger partial charge in [-0.2, -0.15) is 0 Å². The summed E-state index contributed by atoms with van der Waals surface area (Å²) in [5.74, 6) is 1.78. The van der Waals surface area contributed by atoms with Gasteiger partial charge in [0.1, 0.15) is 5.75 Å². The Kier molecular flexibility index (Phi) is 10.1. The lowest BCUT2D eigenvalue weighted by Crippen LogP contribution is -2.43. The molecule has 28 heavy (non-hydrogen) atoms. The molecule has 0 saturated carbocycles. The molecular formula is C23H34N2O3. The summed E-state index contributed by atoms with van der Waals surface area (Å²) in [6, 6.07) is 15.3. The van der Waals surface area contributed by atoms with Crippen molar-refractivity contribution >= 4 is 5.69 Å². The van der Waals surface area contributed by atoms with Crippen molar-refractivity contribution in [3.63, 3.8) is 0 Å². The van der Waals surface area contributed by atoms with E-state index >= 15 is 0 Å². The second-order valence-electron chi connectivity index (χ2n) is 6.79. The summed E-state index contributed by atoms with van der Waals surface area (Å²) in [5, 5.41) is 12.7. The number of unbranched alkanes of at least 4 members (excludes halogenated alkanes) is 3. The molecular weight excluding hydrogens is 352 g/mol. The summed E-state index contributed by atoms with van der Waals surface area (Å²) in [5.41, 5.74) is 1.21. The highest BCUT2D eigenvalue weighted by Crippen LogP contribution is 2.27. The lowest BCUT2D eigenvalue weighted by molar-refractivity contribution is 0.289. The molecule has 0 spiro atoms. The van der Waals surface area contributed by atoms with Crippen molar-refractivity contribution in [2.75, 3.05) is 44.8 Å². The van der Waals surface area contributed by atoms with E-state index in [0.29, 0.717) is 12.4 Å². The van der Waals surface area contributed by atoms with Gasteiger partial charge in [0.05, 0.1) is 19.4 Å². The molecule has 1 saturated heterocycles. The number of rotatable bonds is 8. The van der Waals surface area contributed by atoms with Crippen molar-refractivity contribution in [1.82, 2.24) is 5.32 Å². The standard InChI is InChI=1S/C12H18O2.C11H16N2O/c1-2-3-4-7-10-14-12-9-6-5-8-11(12)13;1-14-11-5-3-2-4-10(11)13-8-6-12-7-9-13/h5-6,8-9,13H,2-4,7,10H2,1H3;2-5,12H,6-9H2,1H3. The fourth-order valence-corrected chi connectivity index (χ4v) is 3.09. The average Bonchev–Trinajstić information content (AvgIpc) is 2.76. The summed E-state index contributed by atoms with van der Waals surface area (Å²) < 4.78 is 10.8. The molecule has 2 aromatic rings. The maximum absolute atomic E-state index is 9.39. The van der Waals surface area contributed by atoms with Gasteiger partial charge in [-0.3, -0.25) is 0 Å². The van der Waals surface area contributed by atoms with Crippen LogP contribution in [0.3, 0.4) is 0 Å². The molecule has 1 heterocycles.